The lowest BCUT2D eigenvalue weighted by molar-refractivity contribution is 0.636. The van der Waals surface area contributed by atoms with Crippen LogP contribution in [0.2, 0.25) is 5.02 Å². The van der Waals surface area contributed by atoms with Gasteiger partial charge in [0.05, 0.1) is 5.02 Å². The van der Waals surface area contributed by atoms with Crippen LogP contribution >= 0.6 is 22.9 Å². The summed E-state index contributed by atoms with van der Waals surface area (Å²) in [7, 11) is 0. The highest BCUT2D eigenvalue weighted by atomic mass is 35.5. The number of aromatic amines is 1. The quantitative estimate of drug-likeness (QED) is 0.771. The molecule has 0 saturated carbocycles. The number of anilines is 1. The first kappa shape index (κ1) is 8.52. The van der Waals surface area contributed by atoms with Crippen molar-refractivity contribution in [1.82, 2.24) is 10.2 Å². The first-order valence-electron chi connectivity index (χ1n) is 3.41. The van der Waals surface area contributed by atoms with E-state index in [1.807, 2.05) is 0 Å². The largest absolute Gasteiger partial charge is 0.380 e. The van der Waals surface area contributed by atoms with Gasteiger partial charge in [0.2, 0.25) is 0 Å². The van der Waals surface area contributed by atoms with Crippen molar-refractivity contribution in [1.29, 1.82) is 0 Å². The summed E-state index contributed by atoms with van der Waals surface area (Å²) in [5, 5.41) is 9.97. The van der Waals surface area contributed by atoms with Crippen LogP contribution in [0.25, 0.3) is 11.3 Å². The van der Waals surface area contributed by atoms with Gasteiger partial charge in [0.25, 0.3) is 0 Å². The number of aromatic nitrogens is 2. The molecule has 2 heterocycles. The van der Waals surface area contributed by atoms with Crippen molar-refractivity contribution in [3.05, 3.63) is 21.6 Å². The average molecular weight is 218 g/mol. The van der Waals surface area contributed by atoms with E-state index in [9.17, 15) is 4.39 Å². The van der Waals surface area contributed by atoms with Crippen LogP contribution in [0.4, 0.5) is 10.2 Å². The van der Waals surface area contributed by atoms with Crippen LogP contribution in [0.3, 0.4) is 0 Å². The van der Waals surface area contributed by atoms with Gasteiger partial charge in [0.15, 0.2) is 11.6 Å². The number of rotatable bonds is 1. The molecule has 0 aliphatic rings. The molecule has 2 aromatic rings. The second kappa shape index (κ2) is 3.01. The van der Waals surface area contributed by atoms with Crippen LogP contribution in [-0.4, -0.2) is 10.2 Å². The minimum atomic E-state index is -0.555. The second-order valence-electron chi connectivity index (χ2n) is 2.43. The topological polar surface area (TPSA) is 54.7 Å². The van der Waals surface area contributed by atoms with Crippen molar-refractivity contribution in [2.45, 2.75) is 0 Å². The van der Waals surface area contributed by atoms with Gasteiger partial charge in [-0.25, -0.2) is 4.39 Å². The minimum absolute atomic E-state index is 0.141. The lowest BCUT2D eigenvalue weighted by atomic mass is 10.2. The Morgan fingerprint density at radius 3 is 2.77 bits per heavy atom. The zero-order valence-electron chi connectivity index (χ0n) is 6.34. The Morgan fingerprint density at radius 1 is 1.54 bits per heavy atom. The number of hydrogen-bond acceptors (Lipinski definition) is 3. The predicted octanol–water partition coefficient (Wildman–Crippen LogP) is 2.51. The first-order valence-corrected chi connectivity index (χ1v) is 4.73. The van der Waals surface area contributed by atoms with E-state index >= 15 is 0 Å². The van der Waals surface area contributed by atoms with Crippen molar-refractivity contribution in [3.8, 4) is 11.3 Å². The third kappa shape index (κ3) is 1.30. The van der Waals surface area contributed by atoms with Gasteiger partial charge in [-0.2, -0.15) is 16.4 Å². The van der Waals surface area contributed by atoms with Crippen LogP contribution < -0.4 is 5.73 Å². The lowest BCUT2D eigenvalue weighted by Crippen LogP contribution is -1.87. The van der Waals surface area contributed by atoms with Gasteiger partial charge in [-0.15, -0.1) is 0 Å². The third-order valence-corrected chi connectivity index (χ3v) is 2.80. The fourth-order valence-electron chi connectivity index (χ4n) is 0.981. The van der Waals surface area contributed by atoms with Crippen LogP contribution in [0, 0.1) is 5.82 Å². The summed E-state index contributed by atoms with van der Waals surface area (Å²) in [6, 6.07) is 0. The van der Waals surface area contributed by atoms with Gasteiger partial charge in [0, 0.05) is 16.3 Å². The molecule has 0 spiro atoms. The zero-order chi connectivity index (χ0) is 9.42. The maximum atomic E-state index is 13.2. The number of nitrogens with two attached hydrogens (primary N) is 1. The molecule has 0 radical (unpaired) electrons. The summed E-state index contributed by atoms with van der Waals surface area (Å²) < 4.78 is 13.2. The Bertz CT molecular complexity index is 437. The highest BCUT2D eigenvalue weighted by Crippen LogP contribution is 2.32. The number of nitrogens with one attached hydrogen (secondary N) is 1. The van der Waals surface area contributed by atoms with Gasteiger partial charge < -0.3 is 5.73 Å². The van der Waals surface area contributed by atoms with Crippen molar-refractivity contribution in [3.63, 3.8) is 0 Å². The van der Waals surface area contributed by atoms with E-state index in [0.717, 1.165) is 0 Å². The molecule has 13 heavy (non-hydrogen) atoms. The summed E-state index contributed by atoms with van der Waals surface area (Å²) in [4.78, 5) is 0. The monoisotopic (exact) mass is 217 g/mol. The smallest absolute Gasteiger partial charge is 0.192 e. The van der Waals surface area contributed by atoms with E-state index in [-0.39, 0.29) is 11.5 Å². The van der Waals surface area contributed by atoms with E-state index < -0.39 is 5.82 Å². The molecule has 0 aliphatic carbocycles. The van der Waals surface area contributed by atoms with Crippen molar-refractivity contribution >= 4 is 28.8 Å². The molecule has 3 nitrogen and oxygen atoms in total. The standard InChI is InChI=1S/C7H5ClFN3S/c8-4-2-13-1-3(4)6-5(9)7(10)12-11-6/h1-2H,(H3,10,11,12). The van der Waals surface area contributed by atoms with Crippen LogP contribution in [0.5, 0.6) is 0 Å². The van der Waals surface area contributed by atoms with Gasteiger partial charge in [-0.1, -0.05) is 11.6 Å². The predicted molar refractivity (Wildman–Crippen MR) is 51.3 cm³/mol. The summed E-state index contributed by atoms with van der Waals surface area (Å²) in [5.41, 5.74) is 6.07. The minimum Gasteiger partial charge on any atom is -0.380 e. The number of thiophene rings is 1. The first-order chi connectivity index (χ1) is 6.20. The molecule has 0 aliphatic heterocycles. The number of hydrogen-bond donors (Lipinski definition) is 2. The van der Waals surface area contributed by atoms with Gasteiger partial charge in [-0.05, 0) is 0 Å². The molecule has 2 rings (SSSR count). The van der Waals surface area contributed by atoms with Gasteiger partial charge >= 0.3 is 0 Å². The highest BCUT2D eigenvalue weighted by molar-refractivity contribution is 7.09. The Morgan fingerprint density at radius 2 is 2.31 bits per heavy atom. The van der Waals surface area contributed by atoms with E-state index in [2.05, 4.69) is 10.2 Å². The van der Waals surface area contributed by atoms with Crippen molar-refractivity contribution in [2.24, 2.45) is 0 Å². The fourth-order valence-corrected chi connectivity index (χ4v) is 2.04. The fraction of sp³-hybridized carbons (Fsp3) is 0. The maximum absolute atomic E-state index is 13.2. The van der Waals surface area contributed by atoms with E-state index in [0.29, 0.717) is 10.6 Å². The number of nitrogen functional groups attached to an aromatic ring is 1. The molecule has 0 aromatic carbocycles. The molecule has 0 bridgehead atoms. The zero-order valence-corrected chi connectivity index (χ0v) is 7.92. The maximum Gasteiger partial charge on any atom is 0.192 e. The second-order valence-corrected chi connectivity index (χ2v) is 3.58. The van der Waals surface area contributed by atoms with Crippen molar-refractivity contribution in [2.75, 3.05) is 5.73 Å². The Balaban J connectivity index is 2.59. The summed E-state index contributed by atoms with van der Waals surface area (Å²) in [5.74, 6) is -0.697. The molecule has 6 heteroatoms. The molecular formula is C7H5ClFN3S. The van der Waals surface area contributed by atoms with Gasteiger partial charge in [0.1, 0.15) is 5.69 Å². The normalized spacial score (nSPS) is 10.6. The molecule has 2 aromatic heterocycles. The van der Waals surface area contributed by atoms with Crippen LogP contribution in [0.15, 0.2) is 10.8 Å². The molecule has 0 unspecified atom stereocenters. The molecule has 0 amide bonds. The molecule has 0 fully saturated rings. The van der Waals surface area contributed by atoms with Gasteiger partial charge in [-0.3, -0.25) is 5.10 Å². The van der Waals surface area contributed by atoms with Crippen LogP contribution in [0.1, 0.15) is 0 Å². The summed E-state index contributed by atoms with van der Waals surface area (Å²) in [6.45, 7) is 0. The average Bonchev–Trinajstić information content (AvgIpc) is 2.62. The Labute approximate surface area is 82.3 Å². The Kier molecular flexibility index (Phi) is 1.97. The molecule has 0 atom stereocenters. The van der Waals surface area contributed by atoms with E-state index in [1.165, 1.54) is 11.3 Å². The lowest BCUT2D eigenvalue weighted by Gasteiger charge is -1.92. The highest BCUT2D eigenvalue weighted by Gasteiger charge is 2.14. The van der Waals surface area contributed by atoms with E-state index in [1.54, 1.807) is 10.8 Å². The SMILES string of the molecule is Nc1n[nH]c(-c2cscc2Cl)c1F. The number of halogens is 2. The number of H-pyrrole nitrogens is 1. The van der Waals surface area contributed by atoms with E-state index in [4.69, 9.17) is 17.3 Å². The molecule has 0 saturated heterocycles. The summed E-state index contributed by atoms with van der Waals surface area (Å²) >= 11 is 7.20. The molecule has 68 valence electrons. The third-order valence-electron chi connectivity index (χ3n) is 1.62. The Hall–Kier alpha value is -1.07. The number of nitrogens with zero attached hydrogens (tertiary/aromatic N) is 1. The van der Waals surface area contributed by atoms with Crippen LogP contribution in [-0.2, 0) is 0 Å². The van der Waals surface area contributed by atoms with Crippen molar-refractivity contribution < 1.29 is 4.39 Å². The molecular weight excluding hydrogens is 213 g/mol. The summed E-state index contributed by atoms with van der Waals surface area (Å²) in [6.07, 6.45) is 0. The molecule has 3 N–H and O–H groups in total.